The van der Waals surface area contributed by atoms with Crippen LogP contribution in [-0.2, 0) is 4.79 Å². The summed E-state index contributed by atoms with van der Waals surface area (Å²) >= 11 is 3.47. The largest absolute Gasteiger partial charge is 0.385 e. The molecule has 0 spiro atoms. The van der Waals surface area contributed by atoms with Gasteiger partial charge in [-0.1, -0.05) is 28.1 Å². The molecule has 22 heavy (non-hydrogen) atoms. The summed E-state index contributed by atoms with van der Waals surface area (Å²) in [5, 5.41) is 6.19. The minimum absolute atomic E-state index is 0.00656. The zero-order valence-electron chi connectivity index (χ0n) is 13.2. The topological polar surface area (TPSA) is 41.1 Å². The lowest BCUT2D eigenvalue weighted by Gasteiger charge is -2.10. The smallest absolute Gasteiger partial charge is 0.226 e. The summed E-state index contributed by atoms with van der Waals surface area (Å²) in [4.78, 5) is 12.0. The van der Waals surface area contributed by atoms with Crippen LogP contribution in [0.3, 0.4) is 0 Å². The fraction of sp³-hybridized carbons (Fsp3) is 0.278. The number of benzene rings is 2. The molecule has 0 saturated heterocycles. The van der Waals surface area contributed by atoms with E-state index < -0.39 is 0 Å². The molecule has 0 aliphatic heterocycles. The molecule has 2 N–H and O–H groups in total. The first kappa shape index (κ1) is 16.6. The van der Waals surface area contributed by atoms with Gasteiger partial charge < -0.3 is 10.6 Å². The van der Waals surface area contributed by atoms with Gasteiger partial charge in [0, 0.05) is 28.8 Å². The molecule has 0 aliphatic rings. The zero-order valence-corrected chi connectivity index (χ0v) is 14.8. The Kier molecular flexibility index (Phi) is 5.61. The summed E-state index contributed by atoms with van der Waals surface area (Å²) in [6.45, 7) is 6.80. The Morgan fingerprint density at radius 1 is 0.955 bits per heavy atom. The Labute approximate surface area is 140 Å². The molecule has 4 heteroatoms. The zero-order chi connectivity index (χ0) is 16.1. The molecule has 0 aromatic heterocycles. The number of hydrogen-bond donors (Lipinski definition) is 2. The monoisotopic (exact) mass is 360 g/mol. The van der Waals surface area contributed by atoms with Crippen LogP contribution in [0.4, 0.5) is 11.4 Å². The third-order valence-corrected chi connectivity index (χ3v) is 4.50. The summed E-state index contributed by atoms with van der Waals surface area (Å²) in [5.74, 6) is 0.00656. The van der Waals surface area contributed by atoms with Crippen molar-refractivity contribution in [2.45, 2.75) is 27.2 Å². The van der Waals surface area contributed by atoms with Gasteiger partial charge in [-0.2, -0.15) is 0 Å². The number of halogens is 1. The van der Waals surface area contributed by atoms with Crippen LogP contribution < -0.4 is 10.6 Å². The summed E-state index contributed by atoms with van der Waals surface area (Å²) in [7, 11) is 0. The van der Waals surface area contributed by atoms with E-state index >= 15 is 0 Å². The predicted octanol–water partition coefficient (Wildman–Crippen LogP) is 4.82. The highest BCUT2D eigenvalue weighted by Crippen LogP contribution is 2.20. The summed E-state index contributed by atoms with van der Waals surface area (Å²) in [6.07, 6.45) is 0.429. The average Bonchev–Trinajstić information content (AvgIpc) is 2.47. The number of hydrogen-bond acceptors (Lipinski definition) is 2. The van der Waals surface area contributed by atoms with Gasteiger partial charge >= 0.3 is 0 Å². The number of carbonyl (C=O) groups excluding carboxylic acids is 1. The number of anilines is 2. The lowest BCUT2D eigenvalue weighted by molar-refractivity contribution is -0.115. The predicted molar refractivity (Wildman–Crippen MR) is 96.5 cm³/mol. The molecule has 1 amide bonds. The first-order valence-electron chi connectivity index (χ1n) is 7.33. The first-order valence-corrected chi connectivity index (χ1v) is 8.12. The molecule has 0 bridgehead atoms. The van der Waals surface area contributed by atoms with Crippen LogP contribution in [0.5, 0.6) is 0 Å². The Morgan fingerprint density at radius 2 is 1.64 bits per heavy atom. The molecule has 2 rings (SSSR count). The fourth-order valence-electron chi connectivity index (χ4n) is 2.07. The van der Waals surface area contributed by atoms with E-state index in [-0.39, 0.29) is 5.91 Å². The van der Waals surface area contributed by atoms with E-state index in [2.05, 4.69) is 52.5 Å². The van der Waals surface area contributed by atoms with Gasteiger partial charge in [-0.15, -0.1) is 0 Å². The van der Waals surface area contributed by atoms with Gasteiger partial charge in [-0.25, -0.2) is 0 Å². The Bertz CT molecular complexity index is 683. The molecule has 3 nitrogen and oxygen atoms in total. The molecule has 0 fully saturated rings. The van der Waals surface area contributed by atoms with Crippen molar-refractivity contribution < 1.29 is 4.79 Å². The number of nitrogens with one attached hydrogen (secondary N) is 2. The Morgan fingerprint density at radius 3 is 2.32 bits per heavy atom. The lowest BCUT2D eigenvalue weighted by Crippen LogP contribution is -2.16. The standard InChI is InChI=1S/C18H21BrN2O/c1-12-4-6-15(10-14(12)3)20-9-8-18(22)21-16-7-5-13(2)17(19)11-16/h4-7,10-11,20H,8-9H2,1-3H3,(H,21,22). The minimum Gasteiger partial charge on any atom is -0.385 e. The molecule has 2 aromatic rings. The van der Waals surface area contributed by atoms with Crippen molar-refractivity contribution in [3.05, 3.63) is 57.6 Å². The average molecular weight is 361 g/mol. The van der Waals surface area contributed by atoms with Crippen molar-refractivity contribution in [1.29, 1.82) is 0 Å². The van der Waals surface area contributed by atoms with E-state index in [0.717, 1.165) is 21.4 Å². The quantitative estimate of drug-likeness (QED) is 0.802. The van der Waals surface area contributed by atoms with Crippen molar-refractivity contribution in [1.82, 2.24) is 0 Å². The normalized spacial score (nSPS) is 10.4. The van der Waals surface area contributed by atoms with Crippen LogP contribution in [0.2, 0.25) is 0 Å². The highest BCUT2D eigenvalue weighted by atomic mass is 79.9. The molecule has 0 atom stereocenters. The second-order valence-electron chi connectivity index (χ2n) is 5.49. The maximum absolute atomic E-state index is 12.0. The molecule has 2 aromatic carbocycles. The van der Waals surface area contributed by atoms with Crippen LogP contribution in [0.15, 0.2) is 40.9 Å². The molecule has 0 saturated carbocycles. The highest BCUT2D eigenvalue weighted by Gasteiger charge is 2.04. The molecule has 0 heterocycles. The number of amides is 1. The van der Waals surface area contributed by atoms with Gasteiger partial charge in [0.25, 0.3) is 0 Å². The van der Waals surface area contributed by atoms with Crippen molar-refractivity contribution in [2.24, 2.45) is 0 Å². The van der Waals surface area contributed by atoms with Gasteiger partial charge in [0.05, 0.1) is 0 Å². The number of aryl methyl sites for hydroxylation is 3. The number of rotatable bonds is 5. The van der Waals surface area contributed by atoms with E-state index in [9.17, 15) is 4.79 Å². The highest BCUT2D eigenvalue weighted by molar-refractivity contribution is 9.10. The number of carbonyl (C=O) groups is 1. The Balaban J connectivity index is 1.82. The van der Waals surface area contributed by atoms with Gasteiger partial charge in [-0.05, 0) is 61.7 Å². The van der Waals surface area contributed by atoms with Crippen LogP contribution in [0.25, 0.3) is 0 Å². The van der Waals surface area contributed by atoms with Crippen molar-refractivity contribution in [3.63, 3.8) is 0 Å². The third-order valence-electron chi connectivity index (χ3n) is 3.64. The molecule has 0 unspecified atom stereocenters. The lowest BCUT2D eigenvalue weighted by atomic mass is 10.1. The van der Waals surface area contributed by atoms with E-state index in [1.54, 1.807) is 0 Å². The van der Waals surface area contributed by atoms with Crippen molar-refractivity contribution in [3.8, 4) is 0 Å². The molecular weight excluding hydrogens is 340 g/mol. The van der Waals surface area contributed by atoms with Gasteiger partial charge in [0.2, 0.25) is 5.91 Å². The maximum atomic E-state index is 12.0. The summed E-state index contributed by atoms with van der Waals surface area (Å²) in [6, 6.07) is 12.0. The molecule has 0 radical (unpaired) electrons. The Hall–Kier alpha value is -1.81. The second-order valence-corrected chi connectivity index (χ2v) is 6.34. The summed E-state index contributed by atoms with van der Waals surface area (Å²) < 4.78 is 0.999. The molecular formula is C18H21BrN2O. The van der Waals surface area contributed by atoms with E-state index in [4.69, 9.17) is 0 Å². The van der Waals surface area contributed by atoms with Crippen LogP contribution in [0.1, 0.15) is 23.1 Å². The van der Waals surface area contributed by atoms with Crippen LogP contribution >= 0.6 is 15.9 Å². The fourth-order valence-corrected chi connectivity index (χ4v) is 2.44. The SMILES string of the molecule is Cc1ccc(NCCC(=O)Nc2ccc(C)c(Br)c2)cc1C. The van der Waals surface area contributed by atoms with E-state index in [1.165, 1.54) is 11.1 Å². The molecule has 0 aliphatic carbocycles. The third kappa shape index (κ3) is 4.60. The maximum Gasteiger partial charge on any atom is 0.226 e. The van der Waals surface area contributed by atoms with Crippen molar-refractivity contribution >= 4 is 33.2 Å². The van der Waals surface area contributed by atoms with Crippen LogP contribution in [0, 0.1) is 20.8 Å². The van der Waals surface area contributed by atoms with Gasteiger partial charge in [0.15, 0.2) is 0 Å². The second kappa shape index (κ2) is 7.45. The van der Waals surface area contributed by atoms with Crippen LogP contribution in [-0.4, -0.2) is 12.5 Å². The minimum atomic E-state index is 0.00656. The van der Waals surface area contributed by atoms with Gasteiger partial charge in [0.1, 0.15) is 0 Å². The first-order chi connectivity index (χ1) is 10.5. The molecule has 116 valence electrons. The van der Waals surface area contributed by atoms with Crippen molar-refractivity contribution in [2.75, 3.05) is 17.2 Å². The van der Waals surface area contributed by atoms with Gasteiger partial charge in [-0.3, -0.25) is 4.79 Å². The van der Waals surface area contributed by atoms with E-state index in [0.29, 0.717) is 13.0 Å². The van der Waals surface area contributed by atoms with E-state index in [1.807, 2.05) is 31.2 Å². The summed E-state index contributed by atoms with van der Waals surface area (Å²) in [5.41, 5.74) is 5.53.